The van der Waals surface area contributed by atoms with Gasteiger partial charge in [0.2, 0.25) is 0 Å². The third-order valence-electron chi connectivity index (χ3n) is 7.40. The van der Waals surface area contributed by atoms with Crippen molar-refractivity contribution in [3.8, 4) is 11.1 Å². The Labute approximate surface area is 247 Å². The first-order valence-corrected chi connectivity index (χ1v) is 14.8. The fourth-order valence-corrected chi connectivity index (χ4v) is 5.43. The molecule has 0 fully saturated rings. The number of hydrogen-bond acceptors (Lipinski definition) is 4. The maximum absolute atomic E-state index is 13.4. The molecule has 0 saturated carbocycles. The number of unbranched alkanes of at least 4 members (excludes halogenated alkanes) is 3. The van der Waals surface area contributed by atoms with Crippen LogP contribution in [0.15, 0.2) is 80.7 Å². The van der Waals surface area contributed by atoms with E-state index >= 15 is 0 Å². The number of alkyl halides is 3. The maximum atomic E-state index is 13.4. The van der Waals surface area contributed by atoms with Crippen molar-refractivity contribution in [3.63, 3.8) is 0 Å². The molecule has 0 aliphatic heterocycles. The molecule has 43 heavy (non-hydrogen) atoms. The number of fused-ring (bicyclic) bond motifs is 2. The summed E-state index contributed by atoms with van der Waals surface area (Å²) in [5.41, 5.74) is 1.06. The molecule has 8 heteroatoms. The van der Waals surface area contributed by atoms with Crippen LogP contribution in [0, 0.1) is 0 Å². The lowest BCUT2D eigenvalue weighted by Crippen LogP contribution is -2.33. The smallest absolute Gasteiger partial charge is 0.416 e. The van der Waals surface area contributed by atoms with Gasteiger partial charge in [-0.1, -0.05) is 64.8 Å². The quantitative estimate of drug-likeness (QED) is 0.114. The summed E-state index contributed by atoms with van der Waals surface area (Å²) < 4.78 is 46.5. The van der Waals surface area contributed by atoms with Crippen LogP contribution >= 0.6 is 0 Å². The highest BCUT2D eigenvalue weighted by molar-refractivity contribution is 6.26. The number of aromatic nitrogens is 1. The van der Waals surface area contributed by atoms with Crippen molar-refractivity contribution in [2.24, 2.45) is 0 Å². The van der Waals surface area contributed by atoms with Gasteiger partial charge < -0.3 is 9.52 Å². The Hall–Kier alpha value is -4.17. The largest absolute Gasteiger partial charge is 0.456 e. The summed E-state index contributed by atoms with van der Waals surface area (Å²) >= 11 is 0. The lowest BCUT2D eigenvalue weighted by molar-refractivity contribution is -0.137. The molecule has 0 amide bonds. The minimum absolute atomic E-state index is 0.124. The number of rotatable bonds is 7. The molecule has 0 atom stereocenters. The Morgan fingerprint density at radius 3 is 1.84 bits per heavy atom. The summed E-state index contributed by atoms with van der Waals surface area (Å²) in [7, 11) is 0. The number of aliphatic hydroxyl groups excluding tert-OH is 1. The summed E-state index contributed by atoms with van der Waals surface area (Å²) in [5, 5.41) is 12.6. The van der Waals surface area contributed by atoms with Gasteiger partial charge in [-0.05, 0) is 71.8 Å². The zero-order valence-electron chi connectivity index (χ0n) is 24.8. The average molecular weight is 592 g/mol. The molecule has 0 unspecified atom stereocenters. The van der Waals surface area contributed by atoms with E-state index in [0.717, 1.165) is 41.3 Å². The van der Waals surface area contributed by atoms with Crippen LogP contribution in [0.5, 0.6) is 0 Å². The van der Waals surface area contributed by atoms with Crippen LogP contribution in [0.2, 0.25) is 0 Å². The van der Waals surface area contributed by atoms with Gasteiger partial charge >= 0.3 is 6.18 Å². The van der Waals surface area contributed by atoms with Gasteiger partial charge in [0.05, 0.1) is 5.56 Å². The number of pyridine rings is 1. The molecule has 6 rings (SSSR count). The van der Waals surface area contributed by atoms with Crippen LogP contribution in [0.1, 0.15) is 58.9 Å². The van der Waals surface area contributed by atoms with Crippen molar-refractivity contribution in [2.45, 2.75) is 66.1 Å². The third-order valence-corrected chi connectivity index (χ3v) is 7.40. The summed E-state index contributed by atoms with van der Waals surface area (Å²) in [5.74, 6) is 0. The normalized spacial score (nSPS) is 11.5. The van der Waals surface area contributed by atoms with Crippen molar-refractivity contribution < 1.29 is 22.7 Å². The third kappa shape index (κ3) is 6.02. The standard InChI is InChI=1S/C31H24F3NO4.2C2H6/c32-31(33,34)20-8-5-18(6-9-20)19-7-13-25-24(17-19)21-10-11-22-27-23(12-14-26(39-25)28(21)27)30(38)35(29(22)37)15-3-1-2-4-16-36;2*1-2/h5-14,17,36H,1-4,15-16H2;2*1-2H3. The monoisotopic (exact) mass is 591 g/mol. The van der Waals surface area contributed by atoms with Crippen molar-refractivity contribution in [1.29, 1.82) is 0 Å². The first-order valence-electron chi connectivity index (χ1n) is 14.8. The number of hydrogen-bond donors (Lipinski definition) is 1. The molecule has 5 nitrogen and oxygen atoms in total. The predicted molar refractivity (Wildman–Crippen MR) is 169 cm³/mol. The summed E-state index contributed by atoms with van der Waals surface area (Å²) in [6.45, 7) is 8.43. The van der Waals surface area contributed by atoms with Gasteiger partial charge in [0, 0.05) is 40.1 Å². The minimum atomic E-state index is -4.41. The molecule has 226 valence electrons. The Morgan fingerprint density at radius 2 is 1.21 bits per heavy atom. The van der Waals surface area contributed by atoms with E-state index in [2.05, 4.69) is 0 Å². The van der Waals surface area contributed by atoms with Gasteiger partial charge in [-0.25, -0.2) is 0 Å². The Balaban J connectivity index is 0.00000102. The van der Waals surface area contributed by atoms with Gasteiger partial charge in [-0.15, -0.1) is 0 Å². The predicted octanol–water partition coefficient (Wildman–Crippen LogP) is 9.14. The molecule has 0 radical (unpaired) electrons. The lowest BCUT2D eigenvalue weighted by Gasteiger charge is -2.14. The topological polar surface area (TPSA) is 72.4 Å². The van der Waals surface area contributed by atoms with Crippen LogP contribution in [-0.2, 0) is 12.7 Å². The van der Waals surface area contributed by atoms with E-state index in [0.29, 0.717) is 57.7 Å². The zero-order valence-corrected chi connectivity index (χ0v) is 24.8. The fraction of sp³-hybridized carbons (Fsp3) is 0.314. The van der Waals surface area contributed by atoms with E-state index in [9.17, 15) is 22.8 Å². The fourth-order valence-electron chi connectivity index (χ4n) is 5.43. The van der Waals surface area contributed by atoms with E-state index in [-0.39, 0.29) is 17.7 Å². The van der Waals surface area contributed by atoms with E-state index in [1.807, 2.05) is 39.8 Å². The van der Waals surface area contributed by atoms with Crippen molar-refractivity contribution >= 4 is 43.5 Å². The van der Waals surface area contributed by atoms with Crippen LogP contribution < -0.4 is 11.1 Å². The second-order valence-electron chi connectivity index (χ2n) is 9.81. The molecule has 6 aromatic rings. The second-order valence-corrected chi connectivity index (χ2v) is 9.81. The molecule has 0 bridgehead atoms. The number of nitrogens with zero attached hydrogens (tertiary/aromatic N) is 1. The number of benzene rings is 4. The average Bonchev–Trinajstić information content (AvgIpc) is 3.03. The van der Waals surface area contributed by atoms with Crippen molar-refractivity contribution in [3.05, 3.63) is 93.0 Å². The first kappa shape index (κ1) is 31.8. The lowest BCUT2D eigenvalue weighted by atomic mass is 9.95. The number of halogens is 3. The van der Waals surface area contributed by atoms with Crippen molar-refractivity contribution in [1.82, 2.24) is 4.57 Å². The molecule has 2 aromatic heterocycles. The molecule has 0 saturated heterocycles. The summed E-state index contributed by atoms with van der Waals surface area (Å²) in [4.78, 5) is 26.8. The molecule has 0 spiro atoms. The number of aliphatic hydroxyl groups is 1. The van der Waals surface area contributed by atoms with Gasteiger partial charge in [0.15, 0.2) is 0 Å². The van der Waals surface area contributed by atoms with Crippen LogP contribution in [0.3, 0.4) is 0 Å². The van der Waals surface area contributed by atoms with Crippen LogP contribution in [-0.4, -0.2) is 16.3 Å². The molecule has 2 heterocycles. The van der Waals surface area contributed by atoms with Gasteiger partial charge in [-0.3, -0.25) is 14.2 Å². The molecule has 0 aliphatic carbocycles. The van der Waals surface area contributed by atoms with Crippen molar-refractivity contribution in [2.75, 3.05) is 6.61 Å². The van der Waals surface area contributed by atoms with E-state index < -0.39 is 11.7 Å². The highest BCUT2D eigenvalue weighted by atomic mass is 19.4. The minimum Gasteiger partial charge on any atom is -0.456 e. The molecule has 1 N–H and O–H groups in total. The summed E-state index contributed by atoms with van der Waals surface area (Å²) in [6.07, 6.45) is -1.42. The Bertz CT molecular complexity index is 1920. The summed E-state index contributed by atoms with van der Waals surface area (Å²) in [6, 6.07) is 17.4. The first-order chi connectivity index (χ1) is 20.8. The van der Waals surface area contributed by atoms with E-state index in [1.165, 1.54) is 16.7 Å². The van der Waals surface area contributed by atoms with E-state index in [4.69, 9.17) is 9.52 Å². The van der Waals surface area contributed by atoms with E-state index in [1.54, 1.807) is 30.3 Å². The molecular formula is C35H36F3NO4. The van der Waals surface area contributed by atoms with Crippen LogP contribution in [0.25, 0.3) is 54.6 Å². The SMILES string of the molecule is CC.CC.O=c1c2ccc3oc4ccc(-c5ccc(C(F)(F)F)cc5)cc4c4ccc(c(=O)n1CCCCCCO)c2c34. The Kier molecular flexibility index (Phi) is 9.91. The highest BCUT2D eigenvalue weighted by Gasteiger charge is 2.30. The second kappa shape index (κ2) is 13.4. The van der Waals surface area contributed by atoms with Gasteiger partial charge in [0.25, 0.3) is 11.1 Å². The van der Waals surface area contributed by atoms with Gasteiger partial charge in [-0.2, -0.15) is 13.2 Å². The zero-order chi connectivity index (χ0) is 31.3. The highest BCUT2D eigenvalue weighted by Crippen LogP contribution is 2.38. The Morgan fingerprint density at radius 1 is 0.651 bits per heavy atom. The van der Waals surface area contributed by atoms with Gasteiger partial charge in [0.1, 0.15) is 11.2 Å². The molecule has 0 aliphatic rings. The molecule has 4 aromatic carbocycles. The van der Waals surface area contributed by atoms with Crippen LogP contribution in [0.4, 0.5) is 13.2 Å². The molecular weight excluding hydrogens is 555 g/mol. The maximum Gasteiger partial charge on any atom is 0.416 e.